The van der Waals surface area contributed by atoms with Gasteiger partial charge in [0.2, 0.25) is 0 Å². The van der Waals surface area contributed by atoms with E-state index in [9.17, 15) is 10.1 Å². The van der Waals surface area contributed by atoms with Gasteiger partial charge in [-0.1, -0.05) is 36.4 Å². The average molecular weight is 407 g/mol. The molecule has 0 fully saturated rings. The quantitative estimate of drug-likeness (QED) is 0.473. The molecule has 120 valence electrons. The molecule has 0 radical (unpaired) electrons. The number of aromatic amines is 1. The lowest BCUT2D eigenvalue weighted by Crippen LogP contribution is -2.12. The highest BCUT2D eigenvalue weighted by molar-refractivity contribution is 9.11. The molecule has 1 N–H and O–H groups in total. The molecule has 0 saturated carbocycles. The lowest BCUT2D eigenvalue weighted by molar-refractivity contribution is 1.22. The Balaban J connectivity index is 1.94. The Morgan fingerprint density at radius 2 is 1.80 bits per heavy atom. The van der Waals surface area contributed by atoms with Gasteiger partial charge in [0.1, 0.15) is 11.6 Å². The van der Waals surface area contributed by atoms with E-state index in [0.717, 1.165) is 25.0 Å². The van der Waals surface area contributed by atoms with Crippen LogP contribution in [0.1, 0.15) is 5.56 Å². The highest BCUT2D eigenvalue weighted by Crippen LogP contribution is 2.34. The maximum absolute atomic E-state index is 12.4. The molecule has 3 nitrogen and oxygen atoms in total. The van der Waals surface area contributed by atoms with Gasteiger partial charge >= 0.3 is 0 Å². The summed E-state index contributed by atoms with van der Waals surface area (Å²) in [6.45, 7) is 0. The minimum atomic E-state index is -0.368. The Morgan fingerprint density at radius 3 is 2.52 bits per heavy atom. The normalized spacial score (nSPS) is 10.7. The van der Waals surface area contributed by atoms with Crippen molar-refractivity contribution in [3.05, 3.63) is 80.4 Å². The van der Waals surface area contributed by atoms with Crippen LogP contribution in [-0.4, -0.2) is 4.98 Å². The molecule has 0 aliphatic carbocycles. The first-order valence-corrected chi connectivity index (χ1v) is 9.19. The highest BCUT2D eigenvalue weighted by atomic mass is 79.9. The van der Waals surface area contributed by atoms with Crippen molar-refractivity contribution in [2.24, 2.45) is 0 Å². The number of nitriles is 1. The van der Waals surface area contributed by atoms with Crippen molar-refractivity contribution < 1.29 is 0 Å². The Labute approximate surface area is 156 Å². The minimum absolute atomic E-state index is 0.138. The molecule has 2 aromatic heterocycles. The van der Waals surface area contributed by atoms with Gasteiger partial charge in [-0.3, -0.25) is 4.79 Å². The number of nitrogens with zero attached hydrogens (tertiary/aromatic N) is 1. The predicted molar refractivity (Wildman–Crippen MR) is 106 cm³/mol. The fraction of sp³-hybridized carbons (Fsp3) is 0. The zero-order valence-electron chi connectivity index (χ0n) is 12.9. The van der Waals surface area contributed by atoms with Gasteiger partial charge < -0.3 is 4.98 Å². The number of fused-ring (bicyclic) bond motifs is 1. The summed E-state index contributed by atoms with van der Waals surface area (Å²) >= 11 is 4.93. The molecule has 0 amide bonds. The van der Waals surface area contributed by atoms with E-state index in [1.165, 1.54) is 11.3 Å². The molecule has 0 atom stereocenters. The summed E-state index contributed by atoms with van der Waals surface area (Å²) in [5.74, 6) is 0. The number of halogens is 1. The van der Waals surface area contributed by atoms with E-state index in [2.05, 4.69) is 27.0 Å². The SMILES string of the molecule is N#Cc1c(-c2ccc(Br)s2)cc(-c2ccc3ccccc3c2)[nH]c1=O. The molecule has 2 heterocycles. The largest absolute Gasteiger partial charge is 0.321 e. The van der Waals surface area contributed by atoms with Crippen LogP contribution < -0.4 is 5.56 Å². The molecular weight excluding hydrogens is 396 g/mol. The van der Waals surface area contributed by atoms with E-state index >= 15 is 0 Å². The molecule has 0 aliphatic rings. The lowest BCUT2D eigenvalue weighted by atomic mass is 10.0. The van der Waals surface area contributed by atoms with Crippen molar-refractivity contribution >= 4 is 38.0 Å². The fourth-order valence-corrected chi connectivity index (χ4v) is 4.24. The first-order chi connectivity index (χ1) is 12.2. The maximum atomic E-state index is 12.4. The third-order valence-corrected chi connectivity index (χ3v) is 5.70. The van der Waals surface area contributed by atoms with Crippen molar-refractivity contribution in [3.63, 3.8) is 0 Å². The number of benzene rings is 2. The van der Waals surface area contributed by atoms with Gasteiger partial charge in [-0.05, 0) is 56.5 Å². The third-order valence-electron chi connectivity index (χ3n) is 4.04. The number of H-pyrrole nitrogens is 1. The summed E-state index contributed by atoms with van der Waals surface area (Å²) in [6.07, 6.45) is 0. The molecule has 5 heteroatoms. The highest BCUT2D eigenvalue weighted by Gasteiger charge is 2.14. The van der Waals surface area contributed by atoms with E-state index in [-0.39, 0.29) is 11.1 Å². The number of hydrogen-bond donors (Lipinski definition) is 1. The number of aromatic nitrogens is 1. The van der Waals surface area contributed by atoms with Gasteiger partial charge in [0, 0.05) is 16.1 Å². The first kappa shape index (κ1) is 15.8. The third kappa shape index (κ3) is 2.91. The van der Waals surface area contributed by atoms with Crippen LogP contribution in [0.3, 0.4) is 0 Å². The summed E-state index contributed by atoms with van der Waals surface area (Å²) in [6, 6.07) is 21.9. The molecular formula is C20H11BrN2OS. The Kier molecular flexibility index (Phi) is 4.00. The van der Waals surface area contributed by atoms with Gasteiger partial charge in [0.25, 0.3) is 5.56 Å². The van der Waals surface area contributed by atoms with Crippen molar-refractivity contribution in [3.8, 4) is 27.8 Å². The van der Waals surface area contributed by atoms with Crippen LogP contribution in [0, 0.1) is 11.3 Å². The summed E-state index contributed by atoms with van der Waals surface area (Å²) in [7, 11) is 0. The topological polar surface area (TPSA) is 56.6 Å². The second-order valence-corrected chi connectivity index (χ2v) is 8.04. The van der Waals surface area contributed by atoms with Gasteiger partial charge in [0.15, 0.2) is 0 Å². The summed E-state index contributed by atoms with van der Waals surface area (Å²) < 4.78 is 0.957. The van der Waals surface area contributed by atoms with Crippen molar-refractivity contribution in [2.75, 3.05) is 0 Å². The molecule has 0 bridgehead atoms. The molecule has 0 spiro atoms. The molecule has 4 aromatic rings. The van der Waals surface area contributed by atoms with Gasteiger partial charge in [-0.15, -0.1) is 11.3 Å². The van der Waals surface area contributed by atoms with Crippen LogP contribution in [0.5, 0.6) is 0 Å². The van der Waals surface area contributed by atoms with E-state index in [1.807, 2.05) is 60.7 Å². The van der Waals surface area contributed by atoms with Gasteiger partial charge in [-0.25, -0.2) is 0 Å². The van der Waals surface area contributed by atoms with E-state index < -0.39 is 0 Å². The summed E-state index contributed by atoms with van der Waals surface area (Å²) in [5, 5.41) is 11.6. The van der Waals surface area contributed by atoms with Crippen LogP contribution in [0.4, 0.5) is 0 Å². The molecule has 2 aromatic carbocycles. The molecule has 25 heavy (non-hydrogen) atoms. The Bertz CT molecular complexity index is 1200. The minimum Gasteiger partial charge on any atom is -0.321 e. The summed E-state index contributed by atoms with van der Waals surface area (Å²) in [4.78, 5) is 16.1. The van der Waals surface area contributed by atoms with Crippen LogP contribution >= 0.6 is 27.3 Å². The molecule has 4 rings (SSSR count). The number of thiophene rings is 1. The van der Waals surface area contributed by atoms with Crippen LogP contribution in [-0.2, 0) is 0 Å². The van der Waals surface area contributed by atoms with E-state index in [1.54, 1.807) is 0 Å². The monoisotopic (exact) mass is 406 g/mol. The van der Waals surface area contributed by atoms with E-state index in [0.29, 0.717) is 11.3 Å². The first-order valence-electron chi connectivity index (χ1n) is 7.58. The second-order valence-electron chi connectivity index (χ2n) is 5.58. The molecule has 0 unspecified atom stereocenters. The van der Waals surface area contributed by atoms with Gasteiger partial charge in [0.05, 0.1) is 3.79 Å². The molecule has 0 aliphatic heterocycles. The fourth-order valence-electron chi connectivity index (χ4n) is 2.84. The van der Waals surface area contributed by atoms with Crippen LogP contribution in [0.2, 0.25) is 0 Å². The smallest absolute Gasteiger partial charge is 0.267 e. The molecule has 0 saturated heterocycles. The Hall–Kier alpha value is -2.68. The maximum Gasteiger partial charge on any atom is 0.267 e. The number of nitrogens with one attached hydrogen (secondary N) is 1. The van der Waals surface area contributed by atoms with Crippen LogP contribution in [0.15, 0.2) is 69.2 Å². The van der Waals surface area contributed by atoms with Crippen LogP contribution in [0.25, 0.3) is 32.5 Å². The zero-order chi connectivity index (χ0) is 17.4. The van der Waals surface area contributed by atoms with E-state index in [4.69, 9.17) is 0 Å². The second kappa shape index (κ2) is 6.32. The zero-order valence-corrected chi connectivity index (χ0v) is 15.3. The van der Waals surface area contributed by atoms with Gasteiger partial charge in [-0.2, -0.15) is 5.26 Å². The Morgan fingerprint density at radius 1 is 1.00 bits per heavy atom. The number of rotatable bonds is 2. The van der Waals surface area contributed by atoms with Crippen molar-refractivity contribution in [1.29, 1.82) is 5.26 Å². The summed E-state index contributed by atoms with van der Waals surface area (Å²) in [5.41, 5.74) is 2.04. The van der Waals surface area contributed by atoms with Crippen molar-refractivity contribution in [1.82, 2.24) is 4.98 Å². The standard InChI is InChI=1S/C20H11BrN2OS/c21-19-8-7-18(25-19)15-10-17(23-20(24)16(15)11-22)14-6-5-12-3-1-2-4-13(12)9-14/h1-10H,(H,23,24). The lowest BCUT2D eigenvalue weighted by Gasteiger charge is -2.08. The number of pyridine rings is 1. The average Bonchev–Trinajstić information content (AvgIpc) is 3.07. The predicted octanol–water partition coefficient (Wildman–Crippen LogP) is 5.56. The number of hydrogen-bond acceptors (Lipinski definition) is 3. The van der Waals surface area contributed by atoms with Crippen molar-refractivity contribution in [2.45, 2.75) is 0 Å².